The van der Waals surface area contributed by atoms with E-state index < -0.39 is 0 Å². The molecule has 0 fully saturated rings. The molecule has 2 nitrogen and oxygen atoms in total. The highest BCUT2D eigenvalue weighted by Gasteiger charge is 2.24. The van der Waals surface area contributed by atoms with Gasteiger partial charge < -0.3 is 8.97 Å². The number of rotatable bonds is 2. The molecule has 0 aromatic heterocycles. The van der Waals surface area contributed by atoms with Gasteiger partial charge in [0.15, 0.2) is 0 Å². The molecule has 0 spiro atoms. The Morgan fingerprint density at radius 2 is 0.778 bits per heavy atom. The third kappa shape index (κ3) is 4.95. The first-order chi connectivity index (χ1) is 8.21. The molecule has 0 radical (unpaired) electrons. The van der Waals surface area contributed by atoms with E-state index in [1.807, 2.05) is 0 Å². The minimum Gasteiger partial charge on any atom is -0.328 e. The Bertz CT molecular complexity index is 254. The third-order valence-corrected chi connectivity index (χ3v) is 4.16. The van der Waals surface area contributed by atoms with E-state index in [1.54, 1.807) is 0 Å². The molecule has 0 saturated carbocycles. The predicted octanol–water partition coefficient (Wildman–Crippen LogP) is 2.82. The Morgan fingerprint density at radius 3 is 0.944 bits per heavy atom. The Hall–Kier alpha value is -0.600. The summed E-state index contributed by atoms with van der Waals surface area (Å²) in [5, 5.41) is 0. The first kappa shape index (κ1) is 15.5. The maximum absolute atomic E-state index is 2.40. The average Bonchev–Trinajstić information content (AvgIpc) is 2.22. The molecule has 0 unspecified atom stereocenters. The van der Waals surface area contributed by atoms with Crippen LogP contribution in [0.15, 0.2) is 24.3 Å². The molecule has 0 amide bonds. The SMILES string of the molecule is C[N+](C)(C)C1CC=CCC([N+](C)(C)C)CC=CC1. The Labute approximate surface area is 114 Å². The van der Waals surface area contributed by atoms with Gasteiger partial charge in [-0.3, -0.25) is 0 Å². The standard InChI is InChI=1S/C16H32N2/c1-17(2,3)15-11-7-9-13-16(18(4,5)6)14-10-8-12-15/h7-10,15-16H,11-14H2,1-6H3/q+2. The number of hydrogen-bond donors (Lipinski definition) is 0. The zero-order chi connectivity index (χ0) is 13.8. The molecule has 1 rings (SSSR count). The van der Waals surface area contributed by atoms with Crippen LogP contribution in [0.3, 0.4) is 0 Å². The molecule has 0 aromatic rings. The van der Waals surface area contributed by atoms with Gasteiger partial charge >= 0.3 is 0 Å². The van der Waals surface area contributed by atoms with Crippen LogP contribution in [0, 0.1) is 0 Å². The monoisotopic (exact) mass is 252 g/mol. The number of nitrogens with zero attached hydrogens (tertiary/aromatic N) is 2. The average molecular weight is 252 g/mol. The third-order valence-electron chi connectivity index (χ3n) is 4.16. The van der Waals surface area contributed by atoms with Crippen molar-refractivity contribution in [3.05, 3.63) is 24.3 Å². The van der Waals surface area contributed by atoms with Crippen molar-refractivity contribution in [1.29, 1.82) is 0 Å². The normalized spacial score (nSPS) is 27.2. The summed E-state index contributed by atoms with van der Waals surface area (Å²) in [7, 11) is 13.8. The molecular weight excluding hydrogens is 220 g/mol. The topological polar surface area (TPSA) is 0 Å². The molecule has 2 heteroatoms. The maximum atomic E-state index is 2.40. The van der Waals surface area contributed by atoms with Crippen molar-refractivity contribution in [2.75, 3.05) is 42.3 Å². The van der Waals surface area contributed by atoms with Crippen LogP contribution in [0.5, 0.6) is 0 Å². The Kier molecular flexibility index (Phi) is 5.18. The van der Waals surface area contributed by atoms with Crippen LogP contribution >= 0.6 is 0 Å². The van der Waals surface area contributed by atoms with Gasteiger partial charge in [0.05, 0.1) is 54.4 Å². The lowest BCUT2D eigenvalue weighted by molar-refractivity contribution is -0.896. The van der Waals surface area contributed by atoms with E-state index in [9.17, 15) is 0 Å². The molecular formula is C16H32N2+2. The second-order valence-corrected chi connectivity index (χ2v) is 7.43. The molecule has 0 atom stereocenters. The van der Waals surface area contributed by atoms with Gasteiger partial charge in [0, 0.05) is 25.7 Å². The lowest BCUT2D eigenvalue weighted by Gasteiger charge is -2.35. The van der Waals surface area contributed by atoms with Crippen molar-refractivity contribution in [3.63, 3.8) is 0 Å². The zero-order valence-corrected chi connectivity index (χ0v) is 13.2. The molecule has 0 aromatic carbocycles. The van der Waals surface area contributed by atoms with E-state index in [1.165, 1.54) is 25.7 Å². The molecule has 18 heavy (non-hydrogen) atoms. The lowest BCUT2D eigenvalue weighted by atomic mass is 10.0. The summed E-state index contributed by atoms with van der Waals surface area (Å²) in [5.41, 5.74) is 0. The van der Waals surface area contributed by atoms with E-state index in [2.05, 4.69) is 66.6 Å². The van der Waals surface area contributed by atoms with Crippen LogP contribution in [0.4, 0.5) is 0 Å². The van der Waals surface area contributed by atoms with Gasteiger partial charge in [-0.1, -0.05) is 24.3 Å². The van der Waals surface area contributed by atoms with Crippen molar-refractivity contribution in [2.24, 2.45) is 0 Å². The van der Waals surface area contributed by atoms with Gasteiger partial charge in [0.2, 0.25) is 0 Å². The lowest BCUT2D eigenvalue weighted by Crippen LogP contribution is -2.45. The largest absolute Gasteiger partial charge is 0.328 e. The summed E-state index contributed by atoms with van der Waals surface area (Å²) in [6.07, 6.45) is 14.4. The van der Waals surface area contributed by atoms with Crippen LogP contribution < -0.4 is 0 Å². The molecule has 0 aliphatic heterocycles. The van der Waals surface area contributed by atoms with Crippen molar-refractivity contribution in [3.8, 4) is 0 Å². The molecule has 0 saturated heterocycles. The van der Waals surface area contributed by atoms with Crippen LogP contribution in [0.2, 0.25) is 0 Å². The summed E-state index contributed by atoms with van der Waals surface area (Å²) in [4.78, 5) is 0. The minimum atomic E-state index is 0.707. The van der Waals surface area contributed by atoms with E-state index in [0.29, 0.717) is 12.1 Å². The first-order valence-electron chi connectivity index (χ1n) is 7.13. The van der Waals surface area contributed by atoms with E-state index in [-0.39, 0.29) is 0 Å². The van der Waals surface area contributed by atoms with Gasteiger partial charge in [-0.05, 0) is 0 Å². The van der Waals surface area contributed by atoms with Gasteiger partial charge in [-0.25, -0.2) is 0 Å². The summed E-state index contributed by atoms with van der Waals surface area (Å²) >= 11 is 0. The van der Waals surface area contributed by atoms with Gasteiger partial charge in [0.25, 0.3) is 0 Å². The summed E-state index contributed by atoms with van der Waals surface area (Å²) in [6.45, 7) is 0. The molecule has 104 valence electrons. The van der Waals surface area contributed by atoms with Crippen molar-refractivity contribution >= 4 is 0 Å². The fraction of sp³-hybridized carbons (Fsp3) is 0.750. The number of hydrogen-bond acceptors (Lipinski definition) is 0. The van der Waals surface area contributed by atoms with E-state index in [0.717, 1.165) is 8.97 Å². The molecule has 0 bridgehead atoms. The number of quaternary nitrogens is 2. The van der Waals surface area contributed by atoms with Crippen molar-refractivity contribution < 1.29 is 8.97 Å². The fourth-order valence-electron chi connectivity index (χ4n) is 2.47. The van der Waals surface area contributed by atoms with Crippen LogP contribution in [0.1, 0.15) is 25.7 Å². The van der Waals surface area contributed by atoms with Gasteiger partial charge in [-0.2, -0.15) is 0 Å². The molecule has 0 N–H and O–H groups in total. The summed E-state index contributed by atoms with van der Waals surface area (Å²) in [6, 6.07) is 1.41. The van der Waals surface area contributed by atoms with Crippen LogP contribution in [-0.2, 0) is 0 Å². The fourth-order valence-corrected chi connectivity index (χ4v) is 2.47. The quantitative estimate of drug-likeness (QED) is 0.524. The zero-order valence-electron chi connectivity index (χ0n) is 13.2. The smallest absolute Gasteiger partial charge is 0.0953 e. The van der Waals surface area contributed by atoms with E-state index >= 15 is 0 Å². The van der Waals surface area contributed by atoms with E-state index in [4.69, 9.17) is 0 Å². The predicted molar refractivity (Wildman–Crippen MR) is 80.4 cm³/mol. The van der Waals surface area contributed by atoms with Crippen molar-refractivity contribution in [2.45, 2.75) is 37.8 Å². The van der Waals surface area contributed by atoms with Crippen LogP contribution in [-0.4, -0.2) is 63.3 Å². The van der Waals surface area contributed by atoms with Gasteiger partial charge in [0.1, 0.15) is 0 Å². The Balaban J connectivity index is 2.70. The first-order valence-corrected chi connectivity index (χ1v) is 7.13. The highest BCUT2D eigenvalue weighted by Crippen LogP contribution is 2.19. The summed E-state index contributed by atoms with van der Waals surface area (Å²) < 4.78 is 2.10. The Morgan fingerprint density at radius 1 is 0.556 bits per heavy atom. The second kappa shape index (κ2) is 6.03. The second-order valence-electron chi connectivity index (χ2n) is 7.43. The molecule has 1 aliphatic carbocycles. The molecule has 0 heterocycles. The maximum Gasteiger partial charge on any atom is 0.0953 e. The van der Waals surface area contributed by atoms with Crippen LogP contribution in [0.25, 0.3) is 0 Å². The highest BCUT2D eigenvalue weighted by atomic mass is 15.3. The van der Waals surface area contributed by atoms with Gasteiger partial charge in [-0.15, -0.1) is 0 Å². The molecule has 1 aliphatic rings. The minimum absolute atomic E-state index is 0.707. The highest BCUT2D eigenvalue weighted by molar-refractivity contribution is 4.95. The van der Waals surface area contributed by atoms with Crippen molar-refractivity contribution in [1.82, 2.24) is 0 Å². The summed E-state index contributed by atoms with van der Waals surface area (Å²) in [5.74, 6) is 0.